The van der Waals surface area contributed by atoms with E-state index in [0.29, 0.717) is 22.9 Å². The Balaban J connectivity index is 3.10. The molecule has 0 saturated carbocycles. The van der Waals surface area contributed by atoms with Gasteiger partial charge >= 0.3 is 5.97 Å². The summed E-state index contributed by atoms with van der Waals surface area (Å²) in [5.41, 5.74) is 1.33. The molecule has 0 aliphatic carbocycles. The molecule has 0 amide bonds. The summed E-state index contributed by atoms with van der Waals surface area (Å²) in [7, 11) is 3.05. The second-order valence-electron chi connectivity index (χ2n) is 3.26. The van der Waals surface area contributed by atoms with Gasteiger partial charge in [-0.1, -0.05) is 11.6 Å². The minimum Gasteiger partial charge on any atom is -0.496 e. The fourth-order valence-corrected chi connectivity index (χ4v) is 1.63. The number of carbonyl (C=O) groups is 1. The first kappa shape index (κ1) is 12.8. The van der Waals surface area contributed by atoms with Gasteiger partial charge in [0.2, 0.25) is 0 Å². The van der Waals surface area contributed by atoms with Crippen molar-refractivity contribution in [1.82, 2.24) is 0 Å². The molecule has 0 fully saturated rings. The molecule has 1 rings (SSSR count). The molecular formula is C11H13ClO4. The van der Waals surface area contributed by atoms with Crippen LogP contribution in [-0.2, 0) is 22.6 Å². The van der Waals surface area contributed by atoms with Crippen LogP contribution in [0.15, 0.2) is 12.1 Å². The lowest BCUT2D eigenvalue weighted by Gasteiger charge is -2.11. The maximum atomic E-state index is 10.6. The van der Waals surface area contributed by atoms with Gasteiger partial charge in [0.15, 0.2) is 0 Å². The molecule has 0 aliphatic heterocycles. The first-order valence-corrected chi connectivity index (χ1v) is 5.02. The topological polar surface area (TPSA) is 55.8 Å². The lowest BCUT2D eigenvalue weighted by molar-refractivity contribution is -0.136. The smallest absolute Gasteiger partial charge is 0.307 e. The first-order valence-electron chi connectivity index (χ1n) is 4.64. The molecule has 0 aliphatic rings. The predicted octanol–water partition coefficient (Wildman–Crippen LogP) is 2.12. The molecule has 0 saturated heterocycles. The highest BCUT2D eigenvalue weighted by Crippen LogP contribution is 2.28. The van der Waals surface area contributed by atoms with E-state index in [9.17, 15) is 4.79 Å². The molecule has 0 spiro atoms. The van der Waals surface area contributed by atoms with Crippen LogP contribution in [-0.4, -0.2) is 25.3 Å². The van der Waals surface area contributed by atoms with Crippen molar-refractivity contribution in [3.05, 3.63) is 28.3 Å². The standard InChI is InChI=1S/C11H13ClO4/c1-15-6-8-4-10(16-2)7(3-9(8)12)5-11(13)14/h3-4H,5-6H2,1-2H3,(H,13,14). The van der Waals surface area contributed by atoms with E-state index in [2.05, 4.69) is 0 Å². The van der Waals surface area contributed by atoms with E-state index in [0.717, 1.165) is 5.56 Å². The Kier molecular flexibility index (Phi) is 4.58. The number of methoxy groups -OCH3 is 2. The summed E-state index contributed by atoms with van der Waals surface area (Å²) >= 11 is 5.99. The van der Waals surface area contributed by atoms with Gasteiger partial charge in [-0.2, -0.15) is 0 Å². The van der Waals surface area contributed by atoms with E-state index in [1.165, 1.54) is 7.11 Å². The molecular weight excluding hydrogens is 232 g/mol. The van der Waals surface area contributed by atoms with Gasteiger partial charge in [-0.3, -0.25) is 4.79 Å². The highest BCUT2D eigenvalue weighted by Gasteiger charge is 2.11. The summed E-state index contributed by atoms with van der Waals surface area (Å²) < 4.78 is 10.1. The molecule has 0 heterocycles. The number of ether oxygens (including phenoxy) is 2. The van der Waals surface area contributed by atoms with Crippen LogP contribution >= 0.6 is 11.6 Å². The quantitative estimate of drug-likeness (QED) is 0.862. The van der Waals surface area contributed by atoms with Crippen LogP contribution in [0, 0.1) is 0 Å². The van der Waals surface area contributed by atoms with E-state index in [4.69, 9.17) is 26.2 Å². The van der Waals surface area contributed by atoms with Crippen LogP contribution < -0.4 is 4.74 Å². The third kappa shape index (κ3) is 3.12. The Morgan fingerprint density at radius 2 is 2.06 bits per heavy atom. The van der Waals surface area contributed by atoms with Gasteiger partial charge in [-0.15, -0.1) is 0 Å². The van der Waals surface area contributed by atoms with Gasteiger partial charge in [0.05, 0.1) is 20.1 Å². The third-order valence-electron chi connectivity index (χ3n) is 2.09. The van der Waals surface area contributed by atoms with Crippen molar-refractivity contribution in [2.75, 3.05) is 14.2 Å². The maximum Gasteiger partial charge on any atom is 0.307 e. The first-order chi connectivity index (χ1) is 7.58. The Hall–Kier alpha value is -1.26. The Bertz CT molecular complexity index is 390. The lowest BCUT2D eigenvalue weighted by Crippen LogP contribution is -2.03. The summed E-state index contributed by atoms with van der Waals surface area (Å²) in [6, 6.07) is 3.30. The second kappa shape index (κ2) is 5.72. The van der Waals surface area contributed by atoms with Crippen LogP contribution in [0.3, 0.4) is 0 Å². The fourth-order valence-electron chi connectivity index (χ4n) is 1.39. The van der Waals surface area contributed by atoms with E-state index >= 15 is 0 Å². The molecule has 0 radical (unpaired) electrons. The monoisotopic (exact) mass is 244 g/mol. The van der Waals surface area contributed by atoms with Crippen molar-refractivity contribution in [2.24, 2.45) is 0 Å². The van der Waals surface area contributed by atoms with Crippen LogP contribution in [0.4, 0.5) is 0 Å². The van der Waals surface area contributed by atoms with E-state index in [1.807, 2.05) is 0 Å². The summed E-state index contributed by atoms with van der Waals surface area (Å²) in [4.78, 5) is 10.6. The highest BCUT2D eigenvalue weighted by atomic mass is 35.5. The largest absolute Gasteiger partial charge is 0.496 e. The predicted molar refractivity (Wildman–Crippen MR) is 60.1 cm³/mol. The Morgan fingerprint density at radius 1 is 1.38 bits per heavy atom. The van der Waals surface area contributed by atoms with E-state index in [-0.39, 0.29) is 6.42 Å². The molecule has 1 N–H and O–H groups in total. The van der Waals surface area contributed by atoms with Gasteiger partial charge in [0, 0.05) is 17.7 Å². The number of rotatable bonds is 5. The Morgan fingerprint density at radius 3 is 2.56 bits per heavy atom. The molecule has 5 heteroatoms. The van der Waals surface area contributed by atoms with Gasteiger partial charge in [0.25, 0.3) is 0 Å². The summed E-state index contributed by atoms with van der Waals surface area (Å²) in [6.07, 6.45) is -0.115. The van der Waals surface area contributed by atoms with Crippen molar-refractivity contribution < 1.29 is 19.4 Å². The van der Waals surface area contributed by atoms with Crippen molar-refractivity contribution in [3.8, 4) is 5.75 Å². The number of aliphatic carboxylic acids is 1. The van der Waals surface area contributed by atoms with Crippen molar-refractivity contribution in [2.45, 2.75) is 13.0 Å². The molecule has 16 heavy (non-hydrogen) atoms. The number of carboxylic acids is 1. The molecule has 1 aromatic carbocycles. The third-order valence-corrected chi connectivity index (χ3v) is 2.44. The summed E-state index contributed by atoms with van der Waals surface area (Å²) in [5, 5.41) is 9.21. The SMILES string of the molecule is COCc1cc(OC)c(CC(=O)O)cc1Cl. The normalized spacial score (nSPS) is 10.2. The van der Waals surface area contributed by atoms with Crippen LogP contribution in [0.5, 0.6) is 5.75 Å². The van der Waals surface area contributed by atoms with Gasteiger partial charge in [0.1, 0.15) is 5.75 Å². The molecule has 0 unspecified atom stereocenters. The van der Waals surface area contributed by atoms with Gasteiger partial charge < -0.3 is 14.6 Å². The fraction of sp³-hybridized carbons (Fsp3) is 0.364. The van der Waals surface area contributed by atoms with Crippen LogP contribution in [0.1, 0.15) is 11.1 Å². The Labute approximate surface area is 98.7 Å². The minimum absolute atomic E-state index is 0.115. The van der Waals surface area contributed by atoms with E-state index in [1.54, 1.807) is 19.2 Å². The number of hydrogen-bond donors (Lipinski definition) is 1. The van der Waals surface area contributed by atoms with Gasteiger partial charge in [-0.05, 0) is 17.7 Å². The number of hydrogen-bond acceptors (Lipinski definition) is 3. The maximum absolute atomic E-state index is 10.6. The van der Waals surface area contributed by atoms with Gasteiger partial charge in [-0.25, -0.2) is 0 Å². The minimum atomic E-state index is -0.922. The zero-order valence-corrected chi connectivity index (χ0v) is 9.87. The average Bonchev–Trinajstić information content (AvgIpc) is 2.21. The molecule has 0 atom stereocenters. The highest BCUT2D eigenvalue weighted by molar-refractivity contribution is 6.31. The number of benzene rings is 1. The van der Waals surface area contributed by atoms with Crippen molar-refractivity contribution >= 4 is 17.6 Å². The zero-order chi connectivity index (χ0) is 12.1. The molecule has 1 aromatic rings. The number of halogens is 1. The van der Waals surface area contributed by atoms with Crippen LogP contribution in [0.2, 0.25) is 5.02 Å². The average molecular weight is 245 g/mol. The summed E-state index contributed by atoms with van der Waals surface area (Å²) in [6.45, 7) is 0.364. The van der Waals surface area contributed by atoms with Crippen molar-refractivity contribution in [3.63, 3.8) is 0 Å². The van der Waals surface area contributed by atoms with Crippen molar-refractivity contribution in [1.29, 1.82) is 0 Å². The molecule has 0 aromatic heterocycles. The summed E-state index contributed by atoms with van der Waals surface area (Å²) in [5.74, 6) is -0.410. The second-order valence-corrected chi connectivity index (χ2v) is 3.67. The molecule has 0 bridgehead atoms. The number of carboxylic acid groups (broad SMARTS) is 1. The zero-order valence-electron chi connectivity index (χ0n) is 9.12. The van der Waals surface area contributed by atoms with E-state index < -0.39 is 5.97 Å². The lowest BCUT2D eigenvalue weighted by atomic mass is 10.1. The molecule has 4 nitrogen and oxygen atoms in total. The molecule has 88 valence electrons. The van der Waals surface area contributed by atoms with Crippen LogP contribution in [0.25, 0.3) is 0 Å².